The first kappa shape index (κ1) is 18.5. The molecule has 0 heterocycles. The van der Waals surface area contributed by atoms with E-state index in [0.717, 1.165) is 30.7 Å². The molecule has 132 valence electrons. The van der Waals surface area contributed by atoms with Gasteiger partial charge in [-0.05, 0) is 51.2 Å². The van der Waals surface area contributed by atoms with E-state index in [9.17, 15) is 9.59 Å². The number of fused-ring (bicyclic) bond motifs is 1. The molecule has 0 aromatic heterocycles. The number of amides is 2. The number of carbonyl (C=O) groups excluding carboxylic acids is 2. The van der Waals surface area contributed by atoms with E-state index in [0.29, 0.717) is 13.1 Å². The highest BCUT2D eigenvalue weighted by Crippen LogP contribution is 2.29. The van der Waals surface area contributed by atoms with Gasteiger partial charge in [-0.1, -0.05) is 24.3 Å². The van der Waals surface area contributed by atoms with Gasteiger partial charge in [0.2, 0.25) is 0 Å². The second-order valence-corrected chi connectivity index (χ2v) is 6.89. The Morgan fingerprint density at radius 3 is 2.62 bits per heavy atom. The summed E-state index contributed by atoms with van der Waals surface area (Å²) in [5.41, 5.74) is 2.58. The molecule has 5 nitrogen and oxygen atoms in total. The zero-order valence-electron chi connectivity index (χ0n) is 15.0. The molecule has 0 bridgehead atoms. The summed E-state index contributed by atoms with van der Waals surface area (Å²) in [6.07, 6.45) is 3.17. The van der Waals surface area contributed by atoms with Crippen molar-refractivity contribution >= 4 is 11.8 Å². The van der Waals surface area contributed by atoms with Crippen molar-refractivity contribution in [2.24, 2.45) is 0 Å². The molecule has 0 aliphatic heterocycles. The minimum Gasteiger partial charge on any atom is -0.349 e. The van der Waals surface area contributed by atoms with Crippen molar-refractivity contribution in [2.45, 2.75) is 52.1 Å². The largest absolute Gasteiger partial charge is 0.349 e. The minimum absolute atomic E-state index is 0.00216. The highest BCUT2D eigenvalue weighted by molar-refractivity contribution is 5.79. The van der Waals surface area contributed by atoms with E-state index in [-0.39, 0.29) is 23.9 Å². The summed E-state index contributed by atoms with van der Waals surface area (Å²) in [6, 6.07) is 8.57. The average Bonchev–Trinajstić information content (AvgIpc) is 2.53. The Morgan fingerprint density at radius 2 is 1.92 bits per heavy atom. The fraction of sp³-hybridized carbons (Fsp3) is 0.579. The van der Waals surface area contributed by atoms with Gasteiger partial charge in [-0.3, -0.25) is 9.59 Å². The number of hydrogen-bond acceptors (Lipinski definition) is 2. The Balaban J connectivity index is 1.89. The van der Waals surface area contributed by atoms with E-state index in [1.54, 1.807) is 0 Å². The Hall–Kier alpha value is -1.88. The van der Waals surface area contributed by atoms with E-state index in [1.807, 2.05) is 26.8 Å². The van der Waals surface area contributed by atoms with Crippen molar-refractivity contribution in [3.8, 4) is 0 Å². The number of hydrogen-bond donors (Lipinski definition) is 3. The van der Waals surface area contributed by atoms with Gasteiger partial charge in [0.25, 0.3) is 11.8 Å². The normalized spacial score (nSPS) is 17.9. The highest BCUT2D eigenvalue weighted by Gasteiger charge is 2.23. The number of benzene rings is 1. The predicted octanol–water partition coefficient (Wildman–Crippen LogP) is 0.610. The van der Waals surface area contributed by atoms with Gasteiger partial charge in [-0.2, -0.15) is 0 Å². The average molecular weight is 332 g/mol. The van der Waals surface area contributed by atoms with E-state index < -0.39 is 0 Å². The van der Waals surface area contributed by atoms with Crippen LogP contribution in [0.3, 0.4) is 0 Å². The molecule has 2 rings (SSSR count). The second kappa shape index (κ2) is 8.83. The SMILES string of the molecule is CC[NH+](CC(=O)NC(C)C)CC(=O)N[C@H]1CCCc2ccccc21. The lowest BCUT2D eigenvalue weighted by molar-refractivity contribution is -0.881. The minimum atomic E-state index is -0.00216. The Morgan fingerprint density at radius 1 is 1.21 bits per heavy atom. The third kappa shape index (κ3) is 5.34. The van der Waals surface area contributed by atoms with Crippen molar-refractivity contribution in [2.75, 3.05) is 19.6 Å². The summed E-state index contributed by atoms with van der Waals surface area (Å²) in [7, 11) is 0. The first-order valence-corrected chi connectivity index (χ1v) is 8.99. The van der Waals surface area contributed by atoms with Gasteiger partial charge >= 0.3 is 0 Å². The van der Waals surface area contributed by atoms with Crippen LogP contribution in [0.1, 0.15) is 50.8 Å². The molecule has 2 amide bonds. The van der Waals surface area contributed by atoms with Crippen LogP contribution in [0.25, 0.3) is 0 Å². The van der Waals surface area contributed by atoms with Crippen LogP contribution in [0.5, 0.6) is 0 Å². The van der Waals surface area contributed by atoms with Crippen molar-refractivity contribution in [1.82, 2.24) is 10.6 Å². The first-order valence-electron chi connectivity index (χ1n) is 8.99. The number of aryl methyl sites for hydroxylation is 1. The molecule has 0 radical (unpaired) electrons. The zero-order valence-corrected chi connectivity index (χ0v) is 15.0. The van der Waals surface area contributed by atoms with E-state index >= 15 is 0 Å². The quantitative estimate of drug-likeness (QED) is 0.685. The van der Waals surface area contributed by atoms with Gasteiger partial charge in [0.05, 0.1) is 12.6 Å². The van der Waals surface area contributed by atoms with Crippen LogP contribution in [0.4, 0.5) is 0 Å². The van der Waals surface area contributed by atoms with E-state index in [2.05, 4.69) is 28.8 Å². The maximum absolute atomic E-state index is 12.4. The maximum atomic E-state index is 12.4. The van der Waals surface area contributed by atoms with Gasteiger partial charge < -0.3 is 15.5 Å². The van der Waals surface area contributed by atoms with Crippen LogP contribution < -0.4 is 15.5 Å². The first-order chi connectivity index (χ1) is 11.5. The molecule has 0 fully saturated rings. The van der Waals surface area contributed by atoms with Gasteiger partial charge in [0.15, 0.2) is 13.1 Å². The smallest absolute Gasteiger partial charge is 0.275 e. The lowest BCUT2D eigenvalue weighted by Crippen LogP contribution is -3.14. The van der Waals surface area contributed by atoms with Gasteiger partial charge in [0.1, 0.15) is 0 Å². The third-order valence-corrected chi connectivity index (χ3v) is 4.48. The van der Waals surface area contributed by atoms with Crippen molar-refractivity contribution in [3.05, 3.63) is 35.4 Å². The number of carbonyl (C=O) groups is 2. The van der Waals surface area contributed by atoms with Crippen LogP contribution >= 0.6 is 0 Å². The zero-order chi connectivity index (χ0) is 17.5. The summed E-state index contributed by atoms with van der Waals surface area (Å²) >= 11 is 0. The van der Waals surface area contributed by atoms with Crippen LogP contribution in [0, 0.1) is 0 Å². The fourth-order valence-corrected chi connectivity index (χ4v) is 3.29. The molecule has 24 heavy (non-hydrogen) atoms. The molecule has 0 spiro atoms. The monoisotopic (exact) mass is 332 g/mol. The molecule has 5 heteroatoms. The van der Waals surface area contributed by atoms with Crippen LogP contribution in [0.2, 0.25) is 0 Å². The van der Waals surface area contributed by atoms with E-state index in [1.165, 1.54) is 11.1 Å². The van der Waals surface area contributed by atoms with Crippen molar-refractivity contribution in [3.63, 3.8) is 0 Å². The molecule has 3 N–H and O–H groups in total. The molecule has 1 aliphatic rings. The molecule has 1 aliphatic carbocycles. The molecule has 1 unspecified atom stereocenters. The number of likely N-dealkylation sites (N-methyl/N-ethyl adjacent to an activating group) is 1. The molecule has 2 atom stereocenters. The summed E-state index contributed by atoms with van der Waals surface area (Å²) in [5.74, 6) is 0.0172. The van der Waals surface area contributed by atoms with Crippen LogP contribution in [-0.4, -0.2) is 37.5 Å². The van der Waals surface area contributed by atoms with Crippen molar-refractivity contribution in [1.29, 1.82) is 0 Å². The summed E-state index contributed by atoms with van der Waals surface area (Å²) in [5, 5.41) is 6.05. The lowest BCUT2D eigenvalue weighted by Gasteiger charge is -2.27. The summed E-state index contributed by atoms with van der Waals surface area (Å²) in [6.45, 7) is 7.30. The Bertz CT molecular complexity index is 571. The molecular formula is C19H30N3O2+. The fourth-order valence-electron chi connectivity index (χ4n) is 3.29. The van der Waals surface area contributed by atoms with Gasteiger partial charge in [-0.15, -0.1) is 0 Å². The summed E-state index contributed by atoms with van der Waals surface area (Å²) in [4.78, 5) is 25.3. The van der Waals surface area contributed by atoms with E-state index in [4.69, 9.17) is 0 Å². The van der Waals surface area contributed by atoms with Gasteiger partial charge in [-0.25, -0.2) is 0 Å². The third-order valence-electron chi connectivity index (χ3n) is 4.48. The highest BCUT2D eigenvalue weighted by atomic mass is 16.2. The number of quaternary nitrogens is 1. The Kier molecular flexibility index (Phi) is 6.79. The van der Waals surface area contributed by atoms with Crippen LogP contribution in [-0.2, 0) is 16.0 Å². The standard InChI is InChI=1S/C19H29N3O2/c1-4-22(12-18(23)20-14(2)3)13-19(24)21-17-11-7-9-15-8-5-6-10-16(15)17/h5-6,8,10,14,17H,4,7,9,11-13H2,1-3H3,(H,20,23)(H,21,24)/p+1/t17-/m0/s1. The number of nitrogens with one attached hydrogen (secondary N) is 3. The summed E-state index contributed by atoms with van der Waals surface area (Å²) < 4.78 is 0. The van der Waals surface area contributed by atoms with Crippen molar-refractivity contribution < 1.29 is 14.5 Å². The van der Waals surface area contributed by atoms with Gasteiger partial charge in [0, 0.05) is 6.04 Å². The Labute approximate surface area is 144 Å². The molecule has 0 saturated carbocycles. The predicted molar refractivity (Wildman–Crippen MR) is 94.8 cm³/mol. The topological polar surface area (TPSA) is 62.6 Å². The lowest BCUT2D eigenvalue weighted by atomic mass is 9.88. The molecule has 0 saturated heterocycles. The molecule has 1 aromatic carbocycles. The van der Waals surface area contributed by atoms with Crippen LogP contribution in [0.15, 0.2) is 24.3 Å². The number of rotatable bonds is 7. The molecular weight excluding hydrogens is 302 g/mol. The molecule has 1 aromatic rings. The maximum Gasteiger partial charge on any atom is 0.275 e. The second-order valence-electron chi connectivity index (χ2n) is 6.89.